The largest absolute Gasteiger partial charge is 0.383 e. The van der Waals surface area contributed by atoms with Crippen LogP contribution >= 0.6 is 0 Å². The maximum atomic E-state index is 11.3. The van der Waals surface area contributed by atoms with E-state index in [0.717, 1.165) is 19.4 Å². The molecule has 0 bridgehead atoms. The van der Waals surface area contributed by atoms with Gasteiger partial charge in [-0.25, -0.2) is 4.99 Å². The topological polar surface area (TPSA) is 98.0 Å². The maximum Gasteiger partial charge on any atom is 0.241 e. The van der Waals surface area contributed by atoms with Gasteiger partial charge < -0.3 is 25.8 Å². The van der Waals surface area contributed by atoms with Gasteiger partial charge in [-0.1, -0.05) is 0 Å². The number of nitrogens with one attached hydrogen (secondary N) is 2. The van der Waals surface area contributed by atoms with Crippen molar-refractivity contribution in [1.82, 2.24) is 10.6 Å². The molecule has 4 N–H and O–H groups in total. The SMILES string of the molecule is COCCNC(=O)CN=C(N)NCC1CCCO1. The summed E-state index contributed by atoms with van der Waals surface area (Å²) >= 11 is 0. The highest BCUT2D eigenvalue weighted by atomic mass is 16.5. The zero-order valence-electron chi connectivity index (χ0n) is 10.8. The van der Waals surface area contributed by atoms with E-state index in [1.165, 1.54) is 0 Å². The average Bonchev–Trinajstić information content (AvgIpc) is 2.87. The summed E-state index contributed by atoms with van der Waals surface area (Å²) in [6.45, 7) is 2.44. The van der Waals surface area contributed by atoms with Gasteiger partial charge in [0, 0.05) is 26.8 Å². The van der Waals surface area contributed by atoms with Gasteiger partial charge in [0.25, 0.3) is 0 Å². The number of hydrogen-bond donors (Lipinski definition) is 3. The third-order valence-electron chi connectivity index (χ3n) is 2.56. The second-order valence-electron chi connectivity index (χ2n) is 4.06. The van der Waals surface area contributed by atoms with E-state index in [-0.39, 0.29) is 24.5 Å². The Morgan fingerprint density at radius 3 is 3.06 bits per heavy atom. The number of aliphatic imine (C=N–C) groups is 1. The Morgan fingerprint density at radius 1 is 1.56 bits per heavy atom. The van der Waals surface area contributed by atoms with Crippen LogP contribution in [0.25, 0.3) is 0 Å². The molecule has 1 unspecified atom stereocenters. The van der Waals surface area contributed by atoms with Crippen LogP contribution in [0.1, 0.15) is 12.8 Å². The molecule has 1 amide bonds. The van der Waals surface area contributed by atoms with Crippen molar-refractivity contribution in [3.63, 3.8) is 0 Å². The van der Waals surface area contributed by atoms with Crippen LogP contribution in [0, 0.1) is 0 Å². The lowest BCUT2D eigenvalue weighted by Crippen LogP contribution is -2.38. The molecule has 0 aromatic heterocycles. The van der Waals surface area contributed by atoms with E-state index in [4.69, 9.17) is 15.2 Å². The molecule has 0 spiro atoms. The van der Waals surface area contributed by atoms with Crippen molar-refractivity contribution < 1.29 is 14.3 Å². The summed E-state index contributed by atoms with van der Waals surface area (Å²) in [5.41, 5.74) is 5.63. The van der Waals surface area contributed by atoms with E-state index in [9.17, 15) is 4.79 Å². The first-order valence-electron chi connectivity index (χ1n) is 6.13. The van der Waals surface area contributed by atoms with Crippen molar-refractivity contribution in [1.29, 1.82) is 0 Å². The number of methoxy groups -OCH3 is 1. The average molecular weight is 258 g/mol. The molecule has 18 heavy (non-hydrogen) atoms. The second kappa shape index (κ2) is 8.71. The minimum absolute atomic E-state index is 0.0219. The number of hydrogen-bond acceptors (Lipinski definition) is 4. The number of carbonyl (C=O) groups is 1. The lowest BCUT2D eigenvalue weighted by atomic mass is 10.2. The lowest BCUT2D eigenvalue weighted by Gasteiger charge is -2.11. The van der Waals surface area contributed by atoms with Gasteiger partial charge >= 0.3 is 0 Å². The van der Waals surface area contributed by atoms with Crippen LogP contribution in [0.2, 0.25) is 0 Å². The monoisotopic (exact) mass is 258 g/mol. The summed E-state index contributed by atoms with van der Waals surface area (Å²) in [4.78, 5) is 15.2. The van der Waals surface area contributed by atoms with Crippen molar-refractivity contribution in [2.45, 2.75) is 18.9 Å². The second-order valence-corrected chi connectivity index (χ2v) is 4.06. The number of nitrogens with zero attached hydrogens (tertiary/aromatic N) is 1. The Hall–Kier alpha value is -1.34. The summed E-state index contributed by atoms with van der Waals surface area (Å²) in [6.07, 6.45) is 2.33. The van der Waals surface area contributed by atoms with Crippen molar-refractivity contribution in [3.05, 3.63) is 0 Å². The fraction of sp³-hybridized carbons (Fsp3) is 0.818. The van der Waals surface area contributed by atoms with Gasteiger partial charge in [-0.15, -0.1) is 0 Å². The van der Waals surface area contributed by atoms with E-state index in [1.54, 1.807) is 7.11 Å². The van der Waals surface area contributed by atoms with Crippen molar-refractivity contribution in [3.8, 4) is 0 Å². The molecule has 1 saturated heterocycles. The molecule has 0 aromatic rings. The Bertz CT molecular complexity index is 277. The lowest BCUT2D eigenvalue weighted by molar-refractivity contribution is -0.119. The smallest absolute Gasteiger partial charge is 0.241 e. The highest BCUT2D eigenvalue weighted by Gasteiger charge is 2.14. The Balaban J connectivity index is 2.09. The molecular weight excluding hydrogens is 236 g/mol. The van der Waals surface area contributed by atoms with Gasteiger partial charge in [0.15, 0.2) is 5.96 Å². The predicted octanol–water partition coefficient (Wildman–Crippen LogP) is -1.17. The molecule has 1 fully saturated rings. The number of guanidine groups is 1. The normalized spacial score (nSPS) is 19.8. The molecule has 0 aliphatic carbocycles. The zero-order chi connectivity index (χ0) is 13.2. The molecule has 1 aliphatic rings. The van der Waals surface area contributed by atoms with Crippen LogP contribution in [0.5, 0.6) is 0 Å². The van der Waals surface area contributed by atoms with Gasteiger partial charge in [0.1, 0.15) is 6.54 Å². The quantitative estimate of drug-likeness (QED) is 0.304. The Kier molecular flexibility index (Phi) is 7.12. The minimum Gasteiger partial charge on any atom is -0.383 e. The number of rotatable bonds is 7. The van der Waals surface area contributed by atoms with E-state index in [1.807, 2.05) is 0 Å². The zero-order valence-corrected chi connectivity index (χ0v) is 10.8. The minimum atomic E-state index is -0.172. The molecule has 0 aromatic carbocycles. The first-order valence-corrected chi connectivity index (χ1v) is 6.13. The first-order chi connectivity index (χ1) is 8.72. The van der Waals surface area contributed by atoms with Crippen LogP contribution < -0.4 is 16.4 Å². The third kappa shape index (κ3) is 6.41. The highest BCUT2D eigenvalue weighted by Crippen LogP contribution is 2.10. The highest BCUT2D eigenvalue weighted by molar-refractivity contribution is 5.83. The first kappa shape index (κ1) is 14.7. The fourth-order valence-electron chi connectivity index (χ4n) is 1.59. The van der Waals surface area contributed by atoms with Crippen LogP contribution in [-0.2, 0) is 14.3 Å². The summed E-state index contributed by atoms with van der Waals surface area (Å²) in [6, 6.07) is 0. The summed E-state index contributed by atoms with van der Waals surface area (Å²) in [7, 11) is 1.58. The third-order valence-corrected chi connectivity index (χ3v) is 2.56. The van der Waals surface area contributed by atoms with Gasteiger partial charge in [0.05, 0.1) is 12.7 Å². The molecule has 0 radical (unpaired) electrons. The van der Waals surface area contributed by atoms with E-state index in [0.29, 0.717) is 19.7 Å². The molecule has 0 saturated carbocycles. The van der Waals surface area contributed by atoms with Crippen LogP contribution in [-0.4, -0.2) is 57.9 Å². The molecule has 7 nitrogen and oxygen atoms in total. The van der Waals surface area contributed by atoms with E-state index >= 15 is 0 Å². The van der Waals surface area contributed by atoms with Crippen molar-refractivity contribution >= 4 is 11.9 Å². The number of carbonyl (C=O) groups excluding carboxylic acids is 1. The van der Waals surface area contributed by atoms with Crippen molar-refractivity contribution in [2.24, 2.45) is 10.7 Å². The van der Waals surface area contributed by atoms with Crippen LogP contribution in [0.3, 0.4) is 0 Å². The Labute approximate surface area is 107 Å². The molecule has 7 heteroatoms. The number of amides is 1. The maximum absolute atomic E-state index is 11.3. The fourth-order valence-corrected chi connectivity index (χ4v) is 1.59. The van der Waals surface area contributed by atoms with Gasteiger partial charge in [-0.2, -0.15) is 0 Å². The predicted molar refractivity (Wildman–Crippen MR) is 68.4 cm³/mol. The van der Waals surface area contributed by atoms with Crippen LogP contribution in [0.4, 0.5) is 0 Å². The van der Waals surface area contributed by atoms with Gasteiger partial charge in [-0.05, 0) is 12.8 Å². The standard InChI is InChI=1S/C11H22N4O3/c1-17-6-4-13-10(16)8-15-11(12)14-7-9-3-2-5-18-9/h9H,2-8H2,1H3,(H,13,16)(H3,12,14,15). The molecule has 1 aliphatic heterocycles. The van der Waals surface area contributed by atoms with Crippen molar-refractivity contribution in [2.75, 3.05) is 40.0 Å². The summed E-state index contributed by atoms with van der Waals surface area (Å²) in [5, 5.41) is 5.60. The molecule has 1 rings (SSSR count). The van der Waals surface area contributed by atoms with E-state index in [2.05, 4.69) is 15.6 Å². The molecular formula is C11H22N4O3. The number of nitrogens with two attached hydrogens (primary N) is 1. The summed E-state index contributed by atoms with van der Waals surface area (Å²) < 4.78 is 10.2. The molecule has 104 valence electrons. The van der Waals surface area contributed by atoms with Gasteiger partial charge in [-0.3, -0.25) is 4.79 Å². The van der Waals surface area contributed by atoms with Crippen LogP contribution in [0.15, 0.2) is 4.99 Å². The Morgan fingerprint density at radius 2 is 2.39 bits per heavy atom. The molecule has 1 heterocycles. The van der Waals surface area contributed by atoms with E-state index < -0.39 is 0 Å². The molecule has 1 atom stereocenters. The van der Waals surface area contributed by atoms with Gasteiger partial charge in [0.2, 0.25) is 5.91 Å². The number of ether oxygens (including phenoxy) is 2. The summed E-state index contributed by atoms with van der Waals surface area (Å²) in [5.74, 6) is 0.0984.